The quantitative estimate of drug-likeness (QED) is 0.776. The molecule has 0 fully saturated rings. The van der Waals surface area contributed by atoms with Gasteiger partial charge in [-0.15, -0.1) is 0 Å². The number of halogens is 3. The topological polar surface area (TPSA) is 26.3 Å². The summed E-state index contributed by atoms with van der Waals surface area (Å²) in [5.74, 6) is 0.446. The second-order valence-electron chi connectivity index (χ2n) is 2.24. The normalized spacial score (nSPS) is 9.85. The third-order valence-corrected chi connectivity index (χ3v) is 2.71. The van der Waals surface area contributed by atoms with E-state index in [9.17, 15) is 4.79 Å². The van der Waals surface area contributed by atoms with Crippen LogP contribution in [0, 0.1) is 0 Å². The number of carbonyl (C=O) groups excluding carboxylic acids is 1. The maximum atomic E-state index is 11.0. The number of methoxy groups -OCH3 is 1. The summed E-state index contributed by atoms with van der Waals surface area (Å²) in [5, 5.41) is -0.545. The van der Waals surface area contributed by atoms with Crippen LogP contribution in [-0.4, -0.2) is 12.4 Å². The monoisotopic (exact) mass is 326 g/mol. The molecular weight excluding hydrogens is 323 g/mol. The third-order valence-electron chi connectivity index (χ3n) is 1.44. The van der Waals surface area contributed by atoms with Gasteiger partial charge < -0.3 is 4.74 Å². The highest BCUT2D eigenvalue weighted by atomic mass is 79.9. The molecule has 0 atom stereocenters. The summed E-state index contributed by atoms with van der Waals surface area (Å²) in [6.45, 7) is 0. The van der Waals surface area contributed by atoms with Gasteiger partial charge in [-0.05, 0) is 39.7 Å². The van der Waals surface area contributed by atoms with Crippen LogP contribution in [0.3, 0.4) is 0 Å². The highest BCUT2D eigenvalue weighted by Gasteiger charge is 2.14. The van der Waals surface area contributed by atoms with E-state index in [0.717, 1.165) is 4.47 Å². The smallest absolute Gasteiger partial charge is 0.257 e. The van der Waals surface area contributed by atoms with Crippen LogP contribution in [0.25, 0.3) is 0 Å². The molecule has 1 rings (SSSR count). The van der Waals surface area contributed by atoms with Crippen molar-refractivity contribution in [1.29, 1.82) is 0 Å². The fourth-order valence-electron chi connectivity index (χ4n) is 0.902. The summed E-state index contributed by atoms with van der Waals surface area (Å²) in [7, 11) is 1.48. The van der Waals surface area contributed by atoms with Crippen LogP contribution in [0.15, 0.2) is 21.1 Å². The van der Waals surface area contributed by atoms with Crippen molar-refractivity contribution in [1.82, 2.24) is 0 Å². The summed E-state index contributed by atoms with van der Waals surface area (Å²) in [4.78, 5) is 11.0. The number of carbonyl (C=O) groups is 1. The molecule has 1 aromatic rings. The van der Waals surface area contributed by atoms with E-state index in [0.29, 0.717) is 15.8 Å². The lowest BCUT2D eigenvalue weighted by atomic mass is 10.2. The van der Waals surface area contributed by atoms with Crippen LogP contribution in [0.1, 0.15) is 10.4 Å². The van der Waals surface area contributed by atoms with E-state index in [1.165, 1.54) is 7.11 Å². The van der Waals surface area contributed by atoms with Crippen molar-refractivity contribution in [3.63, 3.8) is 0 Å². The summed E-state index contributed by atoms with van der Waals surface area (Å²) in [5.41, 5.74) is 0.340. The number of ether oxygens (including phenoxy) is 1. The minimum atomic E-state index is -0.545. The van der Waals surface area contributed by atoms with Crippen molar-refractivity contribution in [3.05, 3.63) is 26.6 Å². The Labute approximate surface area is 97.5 Å². The van der Waals surface area contributed by atoms with E-state index in [2.05, 4.69) is 31.9 Å². The third kappa shape index (κ3) is 2.45. The molecule has 0 N–H and O–H groups in total. The van der Waals surface area contributed by atoms with Crippen molar-refractivity contribution in [2.75, 3.05) is 7.11 Å². The van der Waals surface area contributed by atoms with Gasteiger partial charge in [0, 0.05) is 8.95 Å². The van der Waals surface area contributed by atoms with Crippen molar-refractivity contribution < 1.29 is 9.53 Å². The maximum absolute atomic E-state index is 11.0. The first-order chi connectivity index (χ1) is 6.06. The molecule has 0 spiro atoms. The van der Waals surface area contributed by atoms with E-state index in [1.807, 2.05) is 0 Å². The second kappa shape index (κ2) is 4.44. The summed E-state index contributed by atoms with van der Waals surface area (Å²) >= 11 is 11.9. The zero-order valence-electron chi connectivity index (χ0n) is 6.61. The Morgan fingerprint density at radius 1 is 1.46 bits per heavy atom. The van der Waals surface area contributed by atoms with E-state index >= 15 is 0 Å². The van der Waals surface area contributed by atoms with Gasteiger partial charge in [0.1, 0.15) is 5.75 Å². The van der Waals surface area contributed by atoms with Gasteiger partial charge in [0.2, 0.25) is 0 Å². The lowest BCUT2D eigenvalue weighted by Crippen LogP contribution is -1.96. The van der Waals surface area contributed by atoms with Crippen LogP contribution in [0.5, 0.6) is 5.75 Å². The second-order valence-corrected chi connectivity index (χ2v) is 4.35. The molecule has 1 aromatic carbocycles. The predicted molar refractivity (Wildman–Crippen MR) is 58.6 cm³/mol. The number of hydrogen-bond acceptors (Lipinski definition) is 2. The largest absolute Gasteiger partial charge is 0.496 e. The molecule has 0 aromatic heterocycles. The zero-order valence-corrected chi connectivity index (χ0v) is 10.5. The average Bonchev–Trinajstić information content (AvgIpc) is 2.01. The van der Waals surface area contributed by atoms with Crippen molar-refractivity contribution in [3.8, 4) is 5.75 Å². The number of rotatable bonds is 2. The predicted octanol–water partition coefficient (Wildman–Crippen LogP) is 3.60. The molecule has 0 aliphatic rings. The molecule has 0 bridgehead atoms. The van der Waals surface area contributed by atoms with Crippen molar-refractivity contribution >= 4 is 48.7 Å². The lowest BCUT2D eigenvalue weighted by Gasteiger charge is -2.07. The lowest BCUT2D eigenvalue weighted by molar-refractivity contribution is 0.107. The molecule has 5 heteroatoms. The van der Waals surface area contributed by atoms with Crippen molar-refractivity contribution in [2.45, 2.75) is 0 Å². The highest BCUT2D eigenvalue weighted by molar-refractivity contribution is 9.11. The molecule has 70 valence electrons. The highest BCUT2D eigenvalue weighted by Crippen LogP contribution is 2.32. The van der Waals surface area contributed by atoms with Gasteiger partial charge in [-0.3, -0.25) is 4.79 Å². The van der Waals surface area contributed by atoms with Crippen LogP contribution in [-0.2, 0) is 0 Å². The minimum Gasteiger partial charge on any atom is -0.496 e. The molecule has 2 nitrogen and oxygen atoms in total. The molecule has 13 heavy (non-hydrogen) atoms. The SMILES string of the molecule is COc1cc(Br)cc(Br)c1C(=O)Cl. The minimum absolute atomic E-state index is 0.340. The fourth-order valence-corrected chi connectivity index (χ4v) is 2.58. The number of hydrogen-bond donors (Lipinski definition) is 0. The van der Waals surface area contributed by atoms with Gasteiger partial charge in [0.25, 0.3) is 5.24 Å². The van der Waals surface area contributed by atoms with Crippen LogP contribution in [0.2, 0.25) is 0 Å². The van der Waals surface area contributed by atoms with E-state index < -0.39 is 5.24 Å². The standard InChI is InChI=1S/C8H5Br2ClO2/c1-13-6-3-4(9)2-5(10)7(6)8(11)12/h2-3H,1H3. The van der Waals surface area contributed by atoms with Gasteiger partial charge in [-0.25, -0.2) is 0 Å². The molecule has 0 radical (unpaired) electrons. The van der Waals surface area contributed by atoms with E-state index in [1.54, 1.807) is 12.1 Å². The Balaban J connectivity index is 3.38. The molecule has 0 aliphatic carbocycles. The first-order valence-electron chi connectivity index (χ1n) is 3.29. The first kappa shape index (κ1) is 11.0. The molecular formula is C8H5Br2ClO2. The van der Waals surface area contributed by atoms with Gasteiger partial charge in [0.05, 0.1) is 12.7 Å². The molecule has 0 heterocycles. The zero-order chi connectivity index (χ0) is 10.0. The fraction of sp³-hybridized carbons (Fsp3) is 0.125. The summed E-state index contributed by atoms with van der Waals surface area (Å²) in [6.07, 6.45) is 0. The molecule has 0 unspecified atom stereocenters. The van der Waals surface area contributed by atoms with Gasteiger partial charge >= 0.3 is 0 Å². The Kier molecular flexibility index (Phi) is 3.76. The Morgan fingerprint density at radius 2 is 2.08 bits per heavy atom. The summed E-state index contributed by atoms with van der Waals surface area (Å²) < 4.78 is 6.43. The Hall–Kier alpha value is -0.0600. The molecule has 0 saturated heterocycles. The van der Waals surface area contributed by atoms with Gasteiger partial charge in [-0.2, -0.15) is 0 Å². The summed E-state index contributed by atoms with van der Waals surface area (Å²) in [6, 6.07) is 3.42. The van der Waals surface area contributed by atoms with Gasteiger partial charge in [0.15, 0.2) is 0 Å². The van der Waals surface area contributed by atoms with Gasteiger partial charge in [-0.1, -0.05) is 15.9 Å². The first-order valence-corrected chi connectivity index (χ1v) is 5.25. The maximum Gasteiger partial charge on any atom is 0.257 e. The Morgan fingerprint density at radius 3 is 2.54 bits per heavy atom. The van der Waals surface area contributed by atoms with E-state index in [-0.39, 0.29) is 0 Å². The van der Waals surface area contributed by atoms with E-state index in [4.69, 9.17) is 16.3 Å². The number of benzene rings is 1. The average molecular weight is 328 g/mol. The molecule has 0 amide bonds. The van der Waals surface area contributed by atoms with Crippen molar-refractivity contribution in [2.24, 2.45) is 0 Å². The van der Waals surface area contributed by atoms with Crippen LogP contribution < -0.4 is 4.74 Å². The van der Waals surface area contributed by atoms with Crippen LogP contribution >= 0.6 is 43.5 Å². The van der Waals surface area contributed by atoms with Crippen LogP contribution in [0.4, 0.5) is 0 Å². The Bertz CT molecular complexity index is 352. The molecule has 0 saturated carbocycles. The molecule has 0 aliphatic heterocycles.